The number of nitrogens with one attached hydrogen (secondary N) is 1. The van der Waals surface area contributed by atoms with E-state index in [-0.39, 0.29) is 24.0 Å². The predicted molar refractivity (Wildman–Crippen MR) is 126 cm³/mol. The van der Waals surface area contributed by atoms with Gasteiger partial charge in [0.2, 0.25) is 0 Å². The molecule has 2 aromatic heterocycles. The molecule has 0 spiro atoms. The van der Waals surface area contributed by atoms with Crippen molar-refractivity contribution in [1.82, 2.24) is 14.7 Å². The first-order valence-corrected chi connectivity index (χ1v) is 11.0. The zero-order valence-electron chi connectivity index (χ0n) is 19.3. The molecule has 0 aliphatic heterocycles. The molecule has 1 amide bonds. The van der Waals surface area contributed by atoms with Crippen molar-refractivity contribution in [1.29, 1.82) is 0 Å². The van der Waals surface area contributed by atoms with Gasteiger partial charge in [-0.25, -0.2) is 4.98 Å². The number of methoxy groups -OCH3 is 1. The highest BCUT2D eigenvalue weighted by atomic mass is 19.3. The van der Waals surface area contributed by atoms with E-state index in [9.17, 15) is 13.6 Å². The summed E-state index contributed by atoms with van der Waals surface area (Å²) >= 11 is 0. The molecular formula is C26H25F2N3O4. The number of rotatable bonds is 10. The molecule has 0 radical (unpaired) electrons. The molecule has 0 aliphatic rings. The summed E-state index contributed by atoms with van der Waals surface area (Å²) in [5.41, 5.74) is 3.92. The second-order valence-corrected chi connectivity index (χ2v) is 7.89. The van der Waals surface area contributed by atoms with Gasteiger partial charge < -0.3 is 23.9 Å². The number of aromatic nitrogens is 2. The van der Waals surface area contributed by atoms with E-state index in [4.69, 9.17) is 9.47 Å². The topological polar surface area (TPSA) is 74.1 Å². The van der Waals surface area contributed by atoms with Gasteiger partial charge in [0.15, 0.2) is 11.5 Å². The Morgan fingerprint density at radius 2 is 1.94 bits per heavy atom. The number of imidazole rings is 1. The second kappa shape index (κ2) is 10.9. The SMILES string of the molecule is COc1ccc(CCNC(=O)c2cccc(OCc3cn4cc(C)ccc4n3)c2)cc1OC(F)F. The van der Waals surface area contributed by atoms with Gasteiger partial charge in [0.05, 0.1) is 12.8 Å². The lowest BCUT2D eigenvalue weighted by Gasteiger charge is -2.12. The fraction of sp³-hybridized carbons (Fsp3) is 0.231. The van der Waals surface area contributed by atoms with E-state index < -0.39 is 6.61 Å². The number of fused-ring (bicyclic) bond motifs is 1. The summed E-state index contributed by atoms with van der Waals surface area (Å²) in [5, 5.41) is 2.83. The van der Waals surface area contributed by atoms with Gasteiger partial charge in [0.25, 0.3) is 5.91 Å². The van der Waals surface area contributed by atoms with Crippen molar-refractivity contribution in [2.24, 2.45) is 0 Å². The van der Waals surface area contributed by atoms with Gasteiger partial charge >= 0.3 is 6.61 Å². The molecule has 0 unspecified atom stereocenters. The van der Waals surface area contributed by atoms with Crippen LogP contribution in [0, 0.1) is 6.92 Å². The summed E-state index contributed by atoms with van der Waals surface area (Å²) in [6, 6.07) is 15.6. The minimum atomic E-state index is -2.95. The lowest BCUT2D eigenvalue weighted by Crippen LogP contribution is -2.25. The fourth-order valence-electron chi connectivity index (χ4n) is 3.60. The number of nitrogens with zero attached hydrogens (tertiary/aromatic N) is 2. The normalized spacial score (nSPS) is 11.0. The van der Waals surface area contributed by atoms with Crippen molar-refractivity contribution >= 4 is 11.6 Å². The second-order valence-electron chi connectivity index (χ2n) is 7.89. The third kappa shape index (κ3) is 6.26. The highest BCUT2D eigenvalue weighted by Gasteiger charge is 2.12. The van der Waals surface area contributed by atoms with Crippen LogP contribution in [0.1, 0.15) is 27.2 Å². The van der Waals surface area contributed by atoms with Gasteiger partial charge in [-0.15, -0.1) is 0 Å². The van der Waals surface area contributed by atoms with Crippen LogP contribution in [0.5, 0.6) is 17.2 Å². The average molecular weight is 481 g/mol. The van der Waals surface area contributed by atoms with Crippen molar-refractivity contribution in [2.75, 3.05) is 13.7 Å². The summed E-state index contributed by atoms with van der Waals surface area (Å²) in [6.45, 7) is -0.357. The van der Waals surface area contributed by atoms with Crippen LogP contribution in [-0.2, 0) is 13.0 Å². The minimum Gasteiger partial charge on any atom is -0.493 e. The average Bonchev–Trinajstić information content (AvgIpc) is 3.25. The van der Waals surface area contributed by atoms with E-state index in [2.05, 4.69) is 15.0 Å². The Hall–Kier alpha value is -4.14. The summed E-state index contributed by atoms with van der Waals surface area (Å²) in [7, 11) is 1.38. The number of hydrogen-bond donors (Lipinski definition) is 1. The Bertz CT molecular complexity index is 1320. The maximum absolute atomic E-state index is 12.6. The number of benzene rings is 2. The molecule has 4 rings (SSSR count). The quantitative estimate of drug-likeness (QED) is 0.352. The summed E-state index contributed by atoms with van der Waals surface area (Å²) in [6.07, 6.45) is 4.34. The minimum absolute atomic E-state index is 0.0445. The maximum atomic E-state index is 12.6. The Labute approximate surface area is 201 Å². The Morgan fingerprint density at radius 1 is 1.09 bits per heavy atom. The Balaban J connectivity index is 1.32. The molecule has 2 heterocycles. The third-order valence-electron chi connectivity index (χ3n) is 5.28. The summed E-state index contributed by atoms with van der Waals surface area (Å²) in [4.78, 5) is 17.1. The number of halogens is 2. The Morgan fingerprint density at radius 3 is 2.74 bits per heavy atom. The molecule has 0 atom stereocenters. The molecule has 182 valence electrons. The van der Waals surface area contributed by atoms with Crippen molar-refractivity contribution < 1.29 is 27.8 Å². The smallest absolute Gasteiger partial charge is 0.387 e. The highest BCUT2D eigenvalue weighted by molar-refractivity contribution is 5.94. The van der Waals surface area contributed by atoms with Crippen LogP contribution in [0.25, 0.3) is 5.65 Å². The Kier molecular flexibility index (Phi) is 7.45. The number of amides is 1. The molecule has 7 nitrogen and oxygen atoms in total. The number of hydrogen-bond acceptors (Lipinski definition) is 5. The maximum Gasteiger partial charge on any atom is 0.387 e. The molecule has 2 aromatic carbocycles. The number of aryl methyl sites for hydroxylation is 1. The van der Waals surface area contributed by atoms with Crippen LogP contribution in [0.15, 0.2) is 67.0 Å². The molecule has 9 heteroatoms. The highest BCUT2D eigenvalue weighted by Crippen LogP contribution is 2.29. The van der Waals surface area contributed by atoms with Crippen LogP contribution in [0.2, 0.25) is 0 Å². The first kappa shape index (κ1) is 24.0. The van der Waals surface area contributed by atoms with Crippen molar-refractivity contribution in [2.45, 2.75) is 26.6 Å². The van der Waals surface area contributed by atoms with E-state index in [0.29, 0.717) is 24.3 Å². The molecule has 0 saturated heterocycles. The summed E-state index contributed by atoms with van der Waals surface area (Å²) < 4.78 is 42.5. The van der Waals surface area contributed by atoms with Crippen molar-refractivity contribution in [3.05, 3.63) is 89.4 Å². The lowest BCUT2D eigenvalue weighted by atomic mass is 10.1. The van der Waals surface area contributed by atoms with E-state index in [0.717, 1.165) is 22.5 Å². The molecule has 1 N–H and O–H groups in total. The van der Waals surface area contributed by atoms with Crippen LogP contribution in [0.4, 0.5) is 8.78 Å². The molecule has 35 heavy (non-hydrogen) atoms. The first-order valence-electron chi connectivity index (χ1n) is 11.0. The first-order chi connectivity index (χ1) is 16.9. The molecule has 0 aliphatic carbocycles. The van der Waals surface area contributed by atoms with Gasteiger partial charge in [-0.3, -0.25) is 4.79 Å². The molecular weight excluding hydrogens is 456 g/mol. The monoisotopic (exact) mass is 481 g/mol. The van der Waals surface area contributed by atoms with Gasteiger partial charge in [-0.05, 0) is 60.9 Å². The number of carbonyl (C=O) groups excluding carboxylic acids is 1. The van der Waals surface area contributed by atoms with E-state index in [1.165, 1.54) is 13.2 Å². The van der Waals surface area contributed by atoms with Crippen molar-refractivity contribution in [3.63, 3.8) is 0 Å². The van der Waals surface area contributed by atoms with E-state index in [1.807, 2.05) is 35.9 Å². The molecule has 0 saturated carbocycles. The van der Waals surface area contributed by atoms with Gasteiger partial charge in [0.1, 0.15) is 18.0 Å². The van der Waals surface area contributed by atoms with Crippen LogP contribution in [0.3, 0.4) is 0 Å². The largest absolute Gasteiger partial charge is 0.493 e. The van der Waals surface area contributed by atoms with Crippen LogP contribution in [-0.4, -0.2) is 35.6 Å². The van der Waals surface area contributed by atoms with E-state index >= 15 is 0 Å². The number of carbonyl (C=O) groups is 1. The fourth-order valence-corrected chi connectivity index (χ4v) is 3.60. The molecule has 0 bridgehead atoms. The van der Waals surface area contributed by atoms with Crippen LogP contribution >= 0.6 is 0 Å². The van der Waals surface area contributed by atoms with E-state index in [1.54, 1.807) is 36.4 Å². The molecule has 4 aromatic rings. The number of alkyl halides is 2. The third-order valence-corrected chi connectivity index (χ3v) is 5.28. The van der Waals surface area contributed by atoms with Gasteiger partial charge in [0, 0.05) is 24.5 Å². The number of pyridine rings is 1. The molecule has 0 fully saturated rings. The number of ether oxygens (including phenoxy) is 3. The van der Waals surface area contributed by atoms with Crippen LogP contribution < -0.4 is 19.5 Å². The van der Waals surface area contributed by atoms with Crippen molar-refractivity contribution in [3.8, 4) is 17.2 Å². The zero-order valence-corrected chi connectivity index (χ0v) is 19.3. The predicted octanol–water partition coefficient (Wildman–Crippen LogP) is 4.80. The van der Waals surface area contributed by atoms with Gasteiger partial charge in [-0.2, -0.15) is 8.78 Å². The lowest BCUT2D eigenvalue weighted by molar-refractivity contribution is -0.0512. The zero-order chi connectivity index (χ0) is 24.8. The standard InChI is InChI=1S/C26H25F2N3O4/c1-17-6-9-24-30-20(15-31(24)14-17)16-34-21-5-3-4-19(13-21)25(32)29-11-10-18-7-8-22(33-2)23(12-18)35-26(27)28/h3-9,12-15,26H,10-11,16H2,1-2H3,(H,29,32). The summed E-state index contributed by atoms with van der Waals surface area (Å²) in [5.74, 6) is 0.455. The van der Waals surface area contributed by atoms with Gasteiger partial charge in [-0.1, -0.05) is 18.2 Å².